The average molecular weight is 271 g/mol. The lowest BCUT2D eigenvalue weighted by Crippen LogP contribution is -2.47. The van der Waals surface area contributed by atoms with Gasteiger partial charge in [-0.05, 0) is 32.6 Å². The fourth-order valence-corrected chi connectivity index (χ4v) is 2.19. The maximum absolute atomic E-state index is 12.2. The zero-order chi connectivity index (χ0) is 14.8. The van der Waals surface area contributed by atoms with Crippen molar-refractivity contribution in [2.75, 3.05) is 13.1 Å². The molecule has 1 aliphatic heterocycles. The molecule has 110 valence electrons. The van der Waals surface area contributed by atoms with E-state index in [1.807, 2.05) is 13.8 Å². The Labute approximate surface area is 114 Å². The summed E-state index contributed by atoms with van der Waals surface area (Å²) in [5.41, 5.74) is -1.73. The SMILES string of the molecule is CC(C)C(C)(CC(=O)N1CCC(C)(O)CC1)C(=O)O. The van der Waals surface area contributed by atoms with E-state index in [1.54, 1.807) is 18.7 Å². The lowest BCUT2D eigenvalue weighted by molar-refractivity contribution is -0.156. The molecule has 5 nitrogen and oxygen atoms in total. The van der Waals surface area contributed by atoms with Crippen LogP contribution in [0.15, 0.2) is 0 Å². The van der Waals surface area contributed by atoms with Crippen molar-refractivity contribution in [2.24, 2.45) is 11.3 Å². The van der Waals surface area contributed by atoms with Gasteiger partial charge in [-0.25, -0.2) is 0 Å². The number of carboxylic acid groups (broad SMARTS) is 1. The van der Waals surface area contributed by atoms with Gasteiger partial charge < -0.3 is 15.1 Å². The minimum absolute atomic E-state index is 0.0160. The van der Waals surface area contributed by atoms with Crippen molar-refractivity contribution in [1.29, 1.82) is 0 Å². The molecule has 0 saturated carbocycles. The highest BCUT2D eigenvalue weighted by Crippen LogP contribution is 2.33. The number of carbonyl (C=O) groups is 2. The van der Waals surface area contributed by atoms with E-state index in [-0.39, 0.29) is 18.2 Å². The van der Waals surface area contributed by atoms with Crippen LogP contribution in [0.1, 0.15) is 47.0 Å². The van der Waals surface area contributed by atoms with Gasteiger partial charge in [0.15, 0.2) is 0 Å². The van der Waals surface area contributed by atoms with Crippen molar-refractivity contribution in [2.45, 2.75) is 52.6 Å². The molecule has 5 heteroatoms. The Kier molecular flexibility index (Phi) is 4.61. The summed E-state index contributed by atoms with van der Waals surface area (Å²) in [5, 5.41) is 19.2. The van der Waals surface area contributed by atoms with Crippen LogP contribution in [-0.4, -0.2) is 45.7 Å². The van der Waals surface area contributed by atoms with E-state index < -0.39 is 17.0 Å². The molecule has 0 bridgehead atoms. The molecule has 1 amide bonds. The summed E-state index contributed by atoms with van der Waals surface area (Å²) in [4.78, 5) is 25.3. The zero-order valence-corrected chi connectivity index (χ0v) is 12.3. The number of nitrogens with zero attached hydrogens (tertiary/aromatic N) is 1. The molecule has 0 aliphatic carbocycles. The quantitative estimate of drug-likeness (QED) is 0.812. The number of carboxylic acids is 1. The predicted octanol–water partition coefficient (Wildman–Crippen LogP) is 1.50. The highest BCUT2D eigenvalue weighted by atomic mass is 16.4. The molecule has 1 saturated heterocycles. The lowest BCUT2D eigenvalue weighted by Gasteiger charge is -2.38. The molecule has 0 aromatic rings. The summed E-state index contributed by atoms with van der Waals surface area (Å²) < 4.78 is 0. The number of aliphatic hydroxyl groups is 1. The van der Waals surface area contributed by atoms with Crippen molar-refractivity contribution >= 4 is 11.9 Å². The first-order valence-corrected chi connectivity index (χ1v) is 6.82. The molecular formula is C14H25NO4. The first kappa shape index (κ1) is 16.0. The van der Waals surface area contributed by atoms with E-state index in [0.29, 0.717) is 25.9 Å². The van der Waals surface area contributed by atoms with Crippen LogP contribution in [0.3, 0.4) is 0 Å². The number of rotatable bonds is 4. The average Bonchev–Trinajstić information content (AvgIpc) is 2.27. The number of likely N-dealkylation sites (tertiary alicyclic amines) is 1. The highest BCUT2D eigenvalue weighted by Gasteiger charge is 2.40. The number of hydrogen-bond donors (Lipinski definition) is 2. The summed E-state index contributed by atoms with van der Waals surface area (Å²) in [5.74, 6) is -1.17. The molecular weight excluding hydrogens is 246 g/mol. The fraction of sp³-hybridized carbons (Fsp3) is 0.857. The number of amides is 1. The molecule has 0 radical (unpaired) electrons. The third-order valence-electron chi connectivity index (χ3n) is 4.47. The molecule has 1 aliphatic rings. The van der Waals surface area contributed by atoms with Crippen molar-refractivity contribution in [3.8, 4) is 0 Å². The van der Waals surface area contributed by atoms with Crippen LogP contribution < -0.4 is 0 Å². The van der Waals surface area contributed by atoms with Gasteiger partial charge >= 0.3 is 5.97 Å². The Morgan fingerprint density at radius 3 is 2.16 bits per heavy atom. The number of piperidine rings is 1. The molecule has 0 aromatic carbocycles. The van der Waals surface area contributed by atoms with E-state index in [1.165, 1.54) is 0 Å². The molecule has 1 heterocycles. The summed E-state index contributed by atoms with van der Waals surface area (Å²) in [7, 11) is 0. The van der Waals surface area contributed by atoms with E-state index >= 15 is 0 Å². The standard InChI is InChI=1S/C14H25NO4/c1-10(2)14(4,12(17)18)9-11(16)15-7-5-13(3,19)6-8-15/h10,19H,5-9H2,1-4H3,(H,17,18). The second-order valence-corrected chi connectivity index (χ2v) is 6.43. The molecule has 1 fully saturated rings. The third kappa shape index (κ3) is 3.69. The Balaban J connectivity index is 2.67. The van der Waals surface area contributed by atoms with Crippen molar-refractivity contribution in [3.63, 3.8) is 0 Å². The summed E-state index contributed by atoms with van der Waals surface area (Å²) in [6.07, 6.45) is 1.11. The van der Waals surface area contributed by atoms with Crippen LogP contribution in [0.4, 0.5) is 0 Å². The van der Waals surface area contributed by atoms with Gasteiger partial charge in [-0.2, -0.15) is 0 Å². The van der Waals surface area contributed by atoms with Gasteiger partial charge in [0, 0.05) is 19.5 Å². The predicted molar refractivity (Wildman–Crippen MR) is 71.6 cm³/mol. The maximum Gasteiger partial charge on any atom is 0.310 e. The second-order valence-electron chi connectivity index (χ2n) is 6.43. The Bertz CT molecular complexity index is 354. The van der Waals surface area contributed by atoms with Gasteiger partial charge in [0.1, 0.15) is 0 Å². The summed E-state index contributed by atoms with van der Waals surface area (Å²) >= 11 is 0. The first-order chi connectivity index (χ1) is 8.58. The number of carbonyl (C=O) groups excluding carboxylic acids is 1. The Hall–Kier alpha value is -1.10. The molecule has 1 rings (SSSR count). The minimum Gasteiger partial charge on any atom is -0.481 e. The van der Waals surface area contributed by atoms with Crippen molar-refractivity contribution in [3.05, 3.63) is 0 Å². The first-order valence-electron chi connectivity index (χ1n) is 6.82. The zero-order valence-electron chi connectivity index (χ0n) is 12.3. The number of aliphatic carboxylic acids is 1. The van der Waals surface area contributed by atoms with Crippen LogP contribution in [0.2, 0.25) is 0 Å². The summed E-state index contributed by atoms with van der Waals surface area (Å²) in [6, 6.07) is 0. The van der Waals surface area contributed by atoms with Crippen molar-refractivity contribution < 1.29 is 19.8 Å². The molecule has 1 atom stereocenters. The largest absolute Gasteiger partial charge is 0.481 e. The number of hydrogen-bond acceptors (Lipinski definition) is 3. The molecule has 19 heavy (non-hydrogen) atoms. The van der Waals surface area contributed by atoms with E-state index in [4.69, 9.17) is 0 Å². The highest BCUT2D eigenvalue weighted by molar-refractivity contribution is 5.85. The normalized spacial score (nSPS) is 22.1. The van der Waals surface area contributed by atoms with Gasteiger partial charge in [0.25, 0.3) is 0 Å². The molecule has 0 spiro atoms. The second kappa shape index (κ2) is 5.49. The van der Waals surface area contributed by atoms with Gasteiger partial charge in [0.2, 0.25) is 5.91 Å². The smallest absolute Gasteiger partial charge is 0.310 e. The van der Waals surface area contributed by atoms with E-state index in [2.05, 4.69) is 0 Å². The van der Waals surface area contributed by atoms with Crippen LogP contribution in [0.5, 0.6) is 0 Å². The van der Waals surface area contributed by atoms with Gasteiger partial charge in [-0.15, -0.1) is 0 Å². The lowest BCUT2D eigenvalue weighted by atomic mass is 9.76. The topological polar surface area (TPSA) is 77.8 Å². The van der Waals surface area contributed by atoms with Crippen LogP contribution in [-0.2, 0) is 9.59 Å². The van der Waals surface area contributed by atoms with E-state index in [0.717, 1.165) is 0 Å². The maximum atomic E-state index is 12.2. The Morgan fingerprint density at radius 2 is 1.79 bits per heavy atom. The summed E-state index contributed by atoms with van der Waals surface area (Å²) in [6.45, 7) is 8.03. The van der Waals surface area contributed by atoms with Crippen LogP contribution >= 0.6 is 0 Å². The van der Waals surface area contributed by atoms with Gasteiger partial charge in [0.05, 0.1) is 11.0 Å². The Morgan fingerprint density at radius 1 is 1.32 bits per heavy atom. The van der Waals surface area contributed by atoms with Gasteiger partial charge in [-0.3, -0.25) is 9.59 Å². The molecule has 0 aromatic heterocycles. The fourth-order valence-electron chi connectivity index (χ4n) is 2.19. The molecule has 2 N–H and O–H groups in total. The van der Waals surface area contributed by atoms with Crippen LogP contribution in [0.25, 0.3) is 0 Å². The molecule has 1 unspecified atom stereocenters. The third-order valence-corrected chi connectivity index (χ3v) is 4.47. The monoisotopic (exact) mass is 271 g/mol. The van der Waals surface area contributed by atoms with Crippen molar-refractivity contribution in [1.82, 2.24) is 4.90 Å². The van der Waals surface area contributed by atoms with E-state index in [9.17, 15) is 19.8 Å². The van der Waals surface area contributed by atoms with Gasteiger partial charge in [-0.1, -0.05) is 13.8 Å². The van der Waals surface area contributed by atoms with Crippen LogP contribution in [0, 0.1) is 11.3 Å². The minimum atomic E-state index is -1.03.